The molecule has 0 bridgehead atoms. The number of carboxylic acid groups (broad SMARTS) is 1. The largest absolute Gasteiger partial charge is 0.489 e. The van der Waals surface area contributed by atoms with Gasteiger partial charge in [-0.25, -0.2) is 4.79 Å². The maximum Gasteiger partial charge on any atom is 0.335 e. The third-order valence-electron chi connectivity index (χ3n) is 2.74. The first kappa shape index (κ1) is 13.4. The molecule has 1 N–H and O–H groups in total. The SMILES string of the molecule is Cc1cc(COc2ccc(Cl)cc2)ccc1C(=O)O. The van der Waals surface area contributed by atoms with Gasteiger partial charge in [0.15, 0.2) is 0 Å². The molecule has 0 aliphatic carbocycles. The molecule has 0 aromatic heterocycles. The zero-order valence-corrected chi connectivity index (χ0v) is 11.1. The van der Waals surface area contributed by atoms with Crippen molar-refractivity contribution in [1.82, 2.24) is 0 Å². The van der Waals surface area contributed by atoms with E-state index in [1.165, 1.54) is 0 Å². The van der Waals surface area contributed by atoms with E-state index in [-0.39, 0.29) is 0 Å². The van der Waals surface area contributed by atoms with E-state index in [1.807, 2.05) is 6.07 Å². The van der Waals surface area contributed by atoms with Crippen molar-refractivity contribution in [1.29, 1.82) is 0 Å². The lowest BCUT2D eigenvalue weighted by Gasteiger charge is -2.08. The number of rotatable bonds is 4. The highest BCUT2D eigenvalue weighted by Crippen LogP contribution is 2.18. The number of carboxylic acids is 1. The van der Waals surface area contributed by atoms with E-state index in [9.17, 15) is 4.79 Å². The van der Waals surface area contributed by atoms with Crippen molar-refractivity contribution < 1.29 is 14.6 Å². The molecule has 0 saturated carbocycles. The van der Waals surface area contributed by atoms with Gasteiger partial charge in [0.25, 0.3) is 0 Å². The van der Waals surface area contributed by atoms with Crippen LogP contribution in [-0.2, 0) is 6.61 Å². The lowest BCUT2D eigenvalue weighted by molar-refractivity contribution is 0.0696. The van der Waals surface area contributed by atoms with Gasteiger partial charge in [0.05, 0.1) is 5.56 Å². The van der Waals surface area contributed by atoms with Crippen LogP contribution in [0.5, 0.6) is 5.75 Å². The van der Waals surface area contributed by atoms with Crippen LogP contribution >= 0.6 is 11.6 Å². The Balaban J connectivity index is 2.06. The Labute approximate surface area is 116 Å². The first-order chi connectivity index (χ1) is 9.06. The monoisotopic (exact) mass is 276 g/mol. The first-order valence-electron chi connectivity index (χ1n) is 5.77. The summed E-state index contributed by atoms with van der Waals surface area (Å²) in [6.07, 6.45) is 0. The van der Waals surface area contributed by atoms with E-state index in [0.717, 1.165) is 16.9 Å². The molecule has 2 aromatic rings. The van der Waals surface area contributed by atoms with Gasteiger partial charge in [-0.1, -0.05) is 23.7 Å². The number of carbonyl (C=O) groups is 1. The molecule has 98 valence electrons. The number of aryl methyl sites for hydroxylation is 1. The van der Waals surface area contributed by atoms with Gasteiger partial charge in [0, 0.05) is 5.02 Å². The van der Waals surface area contributed by atoms with E-state index in [1.54, 1.807) is 43.3 Å². The first-order valence-corrected chi connectivity index (χ1v) is 6.15. The second-order valence-corrected chi connectivity index (χ2v) is 4.63. The predicted octanol–water partition coefficient (Wildman–Crippen LogP) is 3.93. The van der Waals surface area contributed by atoms with E-state index in [2.05, 4.69) is 0 Å². The molecule has 0 heterocycles. The predicted molar refractivity (Wildman–Crippen MR) is 73.9 cm³/mol. The summed E-state index contributed by atoms with van der Waals surface area (Å²) in [4.78, 5) is 10.9. The minimum atomic E-state index is -0.914. The summed E-state index contributed by atoms with van der Waals surface area (Å²) in [7, 11) is 0. The van der Waals surface area contributed by atoms with Crippen molar-refractivity contribution in [2.75, 3.05) is 0 Å². The van der Waals surface area contributed by atoms with Crippen molar-refractivity contribution in [3.63, 3.8) is 0 Å². The molecule has 3 nitrogen and oxygen atoms in total. The topological polar surface area (TPSA) is 46.5 Å². The quantitative estimate of drug-likeness (QED) is 0.920. The summed E-state index contributed by atoms with van der Waals surface area (Å²) in [5, 5.41) is 9.61. The molecule has 0 aliphatic heterocycles. The molecule has 0 radical (unpaired) electrons. The molecular weight excluding hydrogens is 264 g/mol. The fraction of sp³-hybridized carbons (Fsp3) is 0.133. The maximum absolute atomic E-state index is 10.9. The molecular formula is C15H13ClO3. The molecule has 0 saturated heterocycles. The van der Waals surface area contributed by atoms with E-state index in [0.29, 0.717) is 17.2 Å². The van der Waals surface area contributed by atoms with Gasteiger partial charge in [-0.3, -0.25) is 0 Å². The Morgan fingerprint density at radius 3 is 2.47 bits per heavy atom. The third-order valence-corrected chi connectivity index (χ3v) is 2.99. The highest BCUT2D eigenvalue weighted by atomic mass is 35.5. The van der Waals surface area contributed by atoms with Crippen LogP contribution in [0.15, 0.2) is 42.5 Å². The van der Waals surface area contributed by atoms with Crippen molar-refractivity contribution in [3.05, 3.63) is 64.2 Å². The normalized spacial score (nSPS) is 10.2. The minimum absolute atomic E-state index is 0.315. The van der Waals surface area contributed by atoms with Gasteiger partial charge < -0.3 is 9.84 Å². The Hall–Kier alpha value is -2.00. The fourth-order valence-corrected chi connectivity index (χ4v) is 1.88. The Bertz CT molecular complexity index is 591. The van der Waals surface area contributed by atoms with Crippen LogP contribution in [0.2, 0.25) is 5.02 Å². The van der Waals surface area contributed by atoms with Crippen LogP contribution in [0, 0.1) is 6.92 Å². The van der Waals surface area contributed by atoms with Crippen LogP contribution in [0.3, 0.4) is 0 Å². The molecule has 0 amide bonds. The van der Waals surface area contributed by atoms with Gasteiger partial charge in [-0.05, 0) is 48.4 Å². The second-order valence-electron chi connectivity index (χ2n) is 4.20. The van der Waals surface area contributed by atoms with Gasteiger partial charge in [0.2, 0.25) is 0 Å². The molecule has 0 fully saturated rings. The van der Waals surface area contributed by atoms with Crippen molar-refractivity contribution >= 4 is 17.6 Å². The maximum atomic E-state index is 10.9. The van der Waals surface area contributed by atoms with Crippen LogP contribution in [-0.4, -0.2) is 11.1 Å². The third kappa shape index (κ3) is 3.48. The smallest absolute Gasteiger partial charge is 0.335 e. The number of benzene rings is 2. The van der Waals surface area contributed by atoms with E-state index >= 15 is 0 Å². The highest BCUT2D eigenvalue weighted by Gasteiger charge is 2.07. The number of hydrogen-bond acceptors (Lipinski definition) is 2. The molecule has 2 rings (SSSR count). The summed E-state index contributed by atoms with van der Waals surface area (Å²) >= 11 is 5.79. The van der Waals surface area contributed by atoms with E-state index in [4.69, 9.17) is 21.4 Å². The van der Waals surface area contributed by atoms with Gasteiger partial charge in [0.1, 0.15) is 12.4 Å². The fourth-order valence-electron chi connectivity index (χ4n) is 1.75. The Kier molecular flexibility index (Phi) is 4.07. The van der Waals surface area contributed by atoms with Crippen molar-refractivity contribution in [3.8, 4) is 5.75 Å². The van der Waals surface area contributed by atoms with Crippen LogP contribution in [0.25, 0.3) is 0 Å². The zero-order valence-electron chi connectivity index (χ0n) is 10.4. The summed E-state index contributed by atoms with van der Waals surface area (Å²) in [6, 6.07) is 12.3. The van der Waals surface area contributed by atoms with Gasteiger partial charge in [-0.2, -0.15) is 0 Å². The van der Waals surface area contributed by atoms with Crippen LogP contribution in [0.1, 0.15) is 21.5 Å². The average molecular weight is 277 g/mol. The molecule has 0 unspecified atom stereocenters. The number of aromatic carboxylic acids is 1. The number of halogens is 1. The summed E-state index contributed by atoms with van der Waals surface area (Å²) < 4.78 is 5.60. The van der Waals surface area contributed by atoms with E-state index < -0.39 is 5.97 Å². The molecule has 0 spiro atoms. The standard InChI is InChI=1S/C15H13ClO3/c1-10-8-11(2-7-14(10)15(17)18)9-19-13-5-3-12(16)4-6-13/h2-8H,9H2,1H3,(H,17,18). The van der Waals surface area contributed by atoms with Crippen molar-refractivity contribution in [2.24, 2.45) is 0 Å². The summed E-state index contributed by atoms with van der Waals surface area (Å²) in [5.74, 6) is -0.188. The van der Waals surface area contributed by atoms with Crippen molar-refractivity contribution in [2.45, 2.75) is 13.5 Å². The highest BCUT2D eigenvalue weighted by molar-refractivity contribution is 6.30. The van der Waals surface area contributed by atoms with Gasteiger partial charge >= 0.3 is 5.97 Å². The van der Waals surface area contributed by atoms with Crippen LogP contribution < -0.4 is 4.74 Å². The van der Waals surface area contributed by atoms with Crippen LogP contribution in [0.4, 0.5) is 0 Å². The second kappa shape index (κ2) is 5.76. The lowest BCUT2D eigenvalue weighted by atomic mass is 10.1. The average Bonchev–Trinajstić information content (AvgIpc) is 2.37. The van der Waals surface area contributed by atoms with Gasteiger partial charge in [-0.15, -0.1) is 0 Å². The number of ether oxygens (including phenoxy) is 1. The molecule has 0 aliphatic rings. The summed E-state index contributed by atoms with van der Waals surface area (Å²) in [6.45, 7) is 2.16. The lowest BCUT2D eigenvalue weighted by Crippen LogP contribution is -2.02. The molecule has 2 aromatic carbocycles. The molecule has 4 heteroatoms. The Morgan fingerprint density at radius 2 is 1.89 bits per heavy atom. The minimum Gasteiger partial charge on any atom is -0.489 e. The summed E-state index contributed by atoms with van der Waals surface area (Å²) in [5.41, 5.74) is 1.97. The molecule has 19 heavy (non-hydrogen) atoms. The number of hydrogen-bond donors (Lipinski definition) is 1. The molecule has 0 atom stereocenters. The zero-order chi connectivity index (χ0) is 13.8. The Morgan fingerprint density at radius 1 is 1.21 bits per heavy atom.